The van der Waals surface area contributed by atoms with E-state index in [2.05, 4.69) is 11.4 Å². The van der Waals surface area contributed by atoms with Gasteiger partial charge in [-0.3, -0.25) is 0 Å². The predicted molar refractivity (Wildman–Crippen MR) is 66.1 cm³/mol. The SMILES string of the molecule is CNCc1cccc(OC)c1OCCCC#N. The number of hydrogen-bond acceptors (Lipinski definition) is 4. The Bertz CT molecular complexity index is 385. The van der Waals surface area contributed by atoms with Crippen molar-refractivity contribution in [2.75, 3.05) is 20.8 Å². The van der Waals surface area contributed by atoms with Gasteiger partial charge in [0.1, 0.15) is 0 Å². The molecule has 0 amide bonds. The first kappa shape index (κ1) is 13.3. The lowest BCUT2D eigenvalue weighted by Gasteiger charge is -2.14. The van der Waals surface area contributed by atoms with Crippen molar-refractivity contribution in [3.63, 3.8) is 0 Å². The Balaban J connectivity index is 2.74. The van der Waals surface area contributed by atoms with Crippen LogP contribution in [0.5, 0.6) is 11.5 Å². The van der Waals surface area contributed by atoms with Crippen molar-refractivity contribution in [3.8, 4) is 17.6 Å². The Labute approximate surface area is 102 Å². The van der Waals surface area contributed by atoms with Gasteiger partial charge in [-0.15, -0.1) is 0 Å². The molecule has 0 radical (unpaired) electrons. The van der Waals surface area contributed by atoms with E-state index in [0.717, 1.165) is 30.0 Å². The fourth-order valence-electron chi connectivity index (χ4n) is 1.54. The fraction of sp³-hybridized carbons (Fsp3) is 0.462. The molecule has 0 heterocycles. The Kier molecular flexibility index (Phi) is 5.91. The van der Waals surface area contributed by atoms with Gasteiger partial charge in [-0.05, 0) is 19.5 Å². The van der Waals surface area contributed by atoms with E-state index in [1.807, 2.05) is 25.2 Å². The van der Waals surface area contributed by atoms with Crippen LogP contribution in [0.15, 0.2) is 18.2 Å². The highest BCUT2D eigenvalue weighted by atomic mass is 16.5. The molecule has 92 valence electrons. The summed E-state index contributed by atoms with van der Waals surface area (Å²) in [6.07, 6.45) is 1.24. The summed E-state index contributed by atoms with van der Waals surface area (Å²) < 4.78 is 11.0. The number of ether oxygens (including phenoxy) is 2. The Hall–Kier alpha value is -1.73. The van der Waals surface area contributed by atoms with Gasteiger partial charge < -0.3 is 14.8 Å². The van der Waals surface area contributed by atoms with Crippen molar-refractivity contribution in [2.45, 2.75) is 19.4 Å². The highest BCUT2D eigenvalue weighted by Crippen LogP contribution is 2.31. The van der Waals surface area contributed by atoms with Gasteiger partial charge in [-0.1, -0.05) is 12.1 Å². The second kappa shape index (κ2) is 7.53. The second-order valence-electron chi connectivity index (χ2n) is 3.59. The zero-order valence-electron chi connectivity index (χ0n) is 10.3. The molecule has 4 nitrogen and oxygen atoms in total. The van der Waals surface area contributed by atoms with E-state index in [0.29, 0.717) is 13.0 Å². The number of nitrogens with one attached hydrogen (secondary N) is 1. The number of rotatable bonds is 7. The normalized spacial score (nSPS) is 9.71. The number of benzene rings is 1. The van der Waals surface area contributed by atoms with E-state index in [4.69, 9.17) is 14.7 Å². The van der Waals surface area contributed by atoms with Gasteiger partial charge in [0, 0.05) is 18.5 Å². The van der Waals surface area contributed by atoms with Gasteiger partial charge in [-0.25, -0.2) is 0 Å². The minimum atomic E-state index is 0.510. The zero-order valence-corrected chi connectivity index (χ0v) is 10.3. The summed E-state index contributed by atoms with van der Waals surface area (Å²) in [6, 6.07) is 7.91. The molecule has 1 N–H and O–H groups in total. The third kappa shape index (κ3) is 3.97. The minimum Gasteiger partial charge on any atom is -0.493 e. The quantitative estimate of drug-likeness (QED) is 0.734. The standard InChI is InChI=1S/C13H18N2O2/c1-15-10-11-6-5-7-12(16-2)13(11)17-9-4-3-8-14/h5-7,15H,3-4,9-10H2,1-2H3. The lowest BCUT2D eigenvalue weighted by Crippen LogP contribution is -2.09. The first-order valence-electron chi connectivity index (χ1n) is 5.63. The zero-order chi connectivity index (χ0) is 12.5. The van der Waals surface area contributed by atoms with Crippen LogP contribution >= 0.6 is 0 Å². The Morgan fingerprint density at radius 3 is 2.88 bits per heavy atom. The van der Waals surface area contributed by atoms with Crippen LogP contribution in [0.2, 0.25) is 0 Å². The Morgan fingerprint density at radius 1 is 1.41 bits per heavy atom. The summed E-state index contributed by atoms with van der Waals surface area (Å²) in [7, 11) is 3.51. The van der Waals surface area contributed by atoms with Gasteiger partial charge in [0.25, 0.3) is 0 Å². The van der Waals surface area contributed by atoms with Crippen molar-refractivity contribution in [3.05, 3.63) is 23.8 Å². The number of nitrogens with zero attached hydrogens (tertiary/aromatic N) is 1. The molecule has 1 aromatic carbocycles. The molecule has 0 saturated heterocycles. The number of hydrogen-bond donors (Lipinski definition) is 1. The van der Waals surface area contributed by atoms with Gasteiger partial charge in [0.2, 0.25) is 0 Å². The van der Waals surface area contributed by atoms with Crippen LogP contribution in [0.1, 0.15) is 18.4 Å². The van der Waals surface area contributed by atoms with Crippen LogP contribution in [0.4, 0.5) is 0 Å². The van der Waals surface area contributed by atoms with Crippen molar-refractivity contribution >= 4 is 0 Å². The van der Waals surface area contributed by atoms with Crippen molar-refractivity contribution < 1.29 is 9.47 Å². The average molecular weight is 234 g/mol. The first-order valence-corrected chi connectivity index (χ1v) is 5.63. The molecule has 0 spiro atoms. The topological polar surface area (TPSA) is 54.3 Å². The third-order valence-electron chi connectivity index (χ3n) is 2.33. The van der Waals surface area contributed by atoms with Gasteiger partial charge >= 0.3 is 0 Å². The van der Waals surface area contributed by atoms with E-state index >= 15 is 0 Å². The highest BCUT2D eigenvalue weighted by molar-refractivity contribution is 5.46. The summed E-state index contributed by atoms with van der Waals surface area (Å²) in [5.41, 5.74) is 1.06. The van der Waals surface area contributed by atoms with Crippen LogP contribution in [0.3, 0.4) is 0 Å². The smallest absolute Gasteiger partial charge is 0.165 e. The van der Waals surface area contributed by atoms with Crippen molar-refractivity contribution in [2.24, 2.45) is 0 Å². The van der Waals surface area contributed by atoms with Crippen molar-refractivity contribution in [1.29, 1.82) is 5.26 Å². The van der Waals surface area contributed by atoms with Crippen LogP contribution in [0.25, 0.3) is 0 Å². The second-order valence-corrected chi connectivity index (χ2v) is 3.59. The van der Waals surface area contributed by atoms with E-state index in [1.165, 1.54) is 0 Å². The lowest BCUT2D eigenvalue weighted by atomic mass is 10.2. The molecule has 0 saturated carbocycles. The molecule has 0 aliphatic carbocycles. The molecule has 0 bridgehead atoms. The Morgan fingerprint density at radius 2 is 2.24 bits per heavy atom. The largest absolute Gasteiger partial charge is 0.493 e. The van der Waals surface area contributed by atoms with E-state index in [1.54, 1.807) is 7.11 Å². The monoisotopic (exact) mass is 234 g/mol. The molecule has 0 aliphatic heterocycles. The molecule has 1 rings (SSSR count). The van der Waals surface area contributed by atoms with E-state index in [-0.39, 0.29) is 0 Å². The van der Waals surface area contributed by atoms with Crippen LogP contribution in [-0.4, -0.2) is 20.8 Å². The summed E-state index contributed by atoms with van der Waals surface area (Å²) in [5.74, 6) is 1.50. The van der Waals surface area contributed by atoms with Crippen LogP contribution in [-0.2, 0) is 6.54 Å². The molecule has 17 heavy (non-hydrogen) atoms. The van der Waals surface area contributed by atoms with Crippen molar-refractivity contribution in [1.82, 2.24) is 5.32 Å². The van der Waals surface area contributed by atoms with Crippen LogP contribution in [0, 0.1) is 11.3 Å². The van der Waals surface area contributed by atoms with E-state index < -0.39 is 0 Å². The molecule has 0 atom stereocenters. The molecule has 0 aliphatic rings. The first-order chi connectivity index (χ1) is 8.33. The van der Waals surface area contributed by atoms with Gasteiger partial charge in [0.15, 0.2) is 11.5 Å². The summed E-state index contributed by atoms with van der Waals surface area (Å²) in [5, 5.41) is 11.6. The molecule has 0 unspecified atom stereocenters. The summed E-state index contributed by atoms with van der Waals surface area (Å²) in [6.45, 7) is 1.26. The maximum absolute atomic E-state index is 8.46. The third-order valence-corrected chi connectivity index (χ3v) is 2.33. The molecule has 0 fully saturated rings. The summed E-state index contributed by atoms with van der Waals surface area (Å²) in [4.78, 5) is 0. The fourth-order valence-corrected chi connectivity index (χ4v) is 1.54. The van der Waals surface area contributed by atoms with E-state index in [9.17, 15) is 0 Å². The van der Waals surface area contributed by atoms with Gasteiger partial charge in [0.05, 0.1) is 19.8 Å². The number of unbranched alkanes of at least 4 members (excludes halogenated alkanes) is 1. The molecule has 4 heteroatoms. The van der Waals surface area contributed by atoms with Gasteiger partial charge in [-0.2, -0.15) is 5.26 Å². The number of methoxy groups -OCH3 is 1. The maximum atomic E-state index is 8.46. The van der Waals surface area contributed by atoms with Crippen LogP contribution < -0.4 is 14.8 Å². The molecular weight excluding hydrogens is 216 g/mol. The number of para-hydroxylation sites is 1. The minimum absolute atomic E-state index is 0.510. The molecule has 0 aromatic heterocycles. The predicted octanol–water partition coefficient (Wildman–Crippen LogP) is 2.10. The highest BCUT2D eigenvalue weighted by Gasteiger charge is 2.09. The maximum Gasteiger partial charge on any atom is 0.165 e. The number of nitriles is 1. The average Bonchev–Trinajstić information content (AvgIpc) is 2.36. The molecule has 1 aromatic rings. The molecular formula is C13H18N2O2. The summed E-state index contributed by atoms with van der Waals surface area (Å²) >= 11 is 0. The lowest BCUT2D eigenvalue weighted by molar-refractivity contribution is 0.287.